The highest BCUT2D eigenvalue weighted by Crippen LogP contribution is 2.27. The van der Waals surface area contributed by atoms with Gasteiger partial charge in [-0.1, -0.05) is 0 Å². The van der Waals surface area contributed by atoms with Crippen LogP contribution in [0.15, 0.2) is 11.1 Å². The fraction of sp³-hybridized carbons (Fsp3) is 0.765. The summed E-state index contributed by atoms with van der Waals surface area (Å²) in [5, 5.41) is 58.1. The number of hydrogen-bond acceptors (Lipinski definition) is 13. The maximum atomic E-state index is 11.6. The van der Waals surface area contributed by atoms with Crippen molar-refractivity contribution >= 4 is 12.0 Å². The molecule has 1 aromatic heterocycles. The van der Waals surface area contributed by atoms with E-state index < -0.39 is 67.5 Å². The minimum Gasteiger partial charge on any atom is -0.394 e. The van der Waals surface area contributed by atoms with Gasteiger partial charge in [-0.15, -0.1) is 0 Å². The van der Waals surface area contributed by atoms with Crippen molar-refractivity contribution in [3.05, 3.63) is 16.8 Å². The Kier molecular flexibility index (Phi) is 8.14. The molecule has 3 aliphatic rings. The summed E-state index contributed by atoms with van der Waals surface area (Å²) in [6, 6.07) is -0.571. The summed E-state index contributed by atoms with van der Waals surface area (Å²) >= 11 is 0. The third-order valence-corrected chi connectivity index (χ3v) is 5.46. The molecule has 0 aliphatic carbocycles. The molecule has 0 aromatic carbocycles. The Bertz CT molecular complexity index is 873. The molecule has 0 radical (unpaired) electrons. The van der Waals surface area contributed by atoms with Crippen molar-refractivity contribution < 1.29 is 44.9 Å². The third kappa shape index (κ3) is 5.56. The Balaban J connectivity index is 0.000000186. The SMILES string of the molecule is Nc1ncn([C@H]2C[C@H](O)[C@@H](CO)O2)c(=O)n1.O=C1NC(O)CCN1[C@@H]1O[C@H](CO)[C@@H](O)[C@H]1O. The number of rotatable bonds is 4. The van der Waals surface area contributed by atoms with Crippen molar-refractivity contribution in [3.63, 3.8) is 0 Å². The quantitative estimate of drug-likeness (QED) is 0.203. The van der Waals surface area contributed by atoms with Gasteiger partial charge in [0.1, 0.15) is 43.2 Å². The van der Waals surface area contributed by atoms with Crippen LogP contribution in [0.25, 0.3) is 0 Å². The summed E-state index contributed by atoms with van der Waals surface area (Å²) in [5.41, 5.74) is 4.65. The van der Waals surface area contributed by atoms with Crippen LogP contribution < -0.4 is 16.7 Å². The lowest BCUT2D eigenvalue weighted by atomic mass is 10.1. The fourth-order valence-corrected chi connectivity index (χ4v) is 3.64. The van der Waals surface area contributed by atoms with Crippen molar-refractivity contribution in [2.75, 3.05) is 25.5 Å². The van der Waals surface area contributed by atoms with Crippen molar-refractivity contribution in [3.8, 4) is 0 Å². The number of ether oxygens (including phenoxy) is 2. The Morgan fingerprint density at radius 3 is 2.33 bits per heavy atom. The van der Waals surface area contributed by atoms with Gasteiger partial charge in [0.15, 0.2) is 6.23 Å². The van der Waals surface area contributed by atoms with E-state index in [9.17, 15) is 30.0 Å². The number of carbonyl (C=O) groups is 1. The molecule has 16 heteroatoms. The van der Waals surface area contributed by atoms with Gasteiger partial charge in [0.2, 0.25) is 5.95 Å². The Hall–Kier alpha value is -2.44. The van der Waals surface area contributed by atoms with Crippen LogP contribution in [-0.2, 0) is 9.47 Å². The first-order valence-electron chi connectivity index (χ1n) is 10.2. The molecule has 0 saturated carbocycles. The summed E-state index contributed by atoms with van der Waals surface area (Å²) in [4.78, 5) is 31.3. The lowest BCUT2D eigenvalue weighted by Gasteiger charge is -2.35. The maximum absolute atomic E-state index is 11.6. The third-order valence-electron chi connectivity index (χ3n) is 5.46. The van der Waals surface area contributed by atoms with Crippen LogP contribution in [0.3, 0.4) is 0 Å². The van der Waals surface area contributed by atoms with Gasteiger partial charge in [-0.05, 0) is 0 Å². The number of carbonyl (C=O) groups excluding carboxylic acids is 1. The van der Waals surface area contributed by atoms with E-state index in [4.69, 9.17) is 25.4 Å². The zero-order valence-electron chi connectivity index (χ0n) is 17.4. The molecule has 0 bridgehead atoms. The van der Waals surface area contributed by atoms with Gasteiger partial charge in [0, 0.05) is 19.4 Å². The van der Waals surface area contributed by atoms with E-state index in [1.54, 1.807) is 0 Å². The van der Waals surface area contributed by atoms with Crippen LogP contribution in [0, 0.1) is 0 Å². The summed E-state index contributed by atoms with van der Waals surface area (Å²) in [5.74, 6) is -0.112. The van der Waals surface area contributed by atoms with E-state index in [2.05, 4.69) is 15.3 Å². The lowest BCUT2D eigenvalue weighted by Crippen LogP contribution is -2.57. The van der Waals surface area contributed by atoms with Gasteiger partial charge in [-0.25, -0.2) is 14.6 Å². The maximum Gasteiger partial charge on any atom is 0.354 e. The topological polar surface area (TPSA) is 246 Å². The second-order valence-electron chi connectivity index (χ2n) is 7.70. The number of hydrogen-bond donors (Lipinski definition) is 8. The number of nitrogens with zero attached hydrogens (tertiary/aromatic N) is 4. The fourth-order valence-electron chi connectivity index (χ4n) is 3.64. The minimum atomic E-state index is -1.27. The zero-order chi connectivity index (χ0) is 24.3. The van der Waals surface area contributed by atoms with Crippen LogP contribution in [0.5, 0.6) is 0 Å². The first-order chi connectivity index (χ1) is 15.7. The number of nitrogens with two attached hydrogens (primary N) is 1. The largest absolute Gasteiger partial charge is 0.394 e. The molecule has 3 fully saturated rings. The second kappa shape index (κ2) is 10.7. The summed E-state index contributed by atoms with van der Waals surface area (Å²) < 4.78 is 11.6. The second-order valence-corrected chi connectivity index (χ2v) is 7.70. The van der Waals surface area contributed by atoms with E-state index in [0.29, 0.717) is 6.42 Å². The average molecular weight is 476 g/mol. The van der Waals surface area contributed by atoms with E-state index in [1.165, 1.54) is 11.2 Å². The number of anilines is 1. The van der Waals surface area contributed by atoms with Gasteiger partial charge < -0.3 is 51.2 Å². The highest BCUT2D eigenvalue weighted by molar-refractivity contribution is 5.75. The molecule has 16 nitrogen and oxygen atoms in total. The monoisotopic (exact) mass is 476 g/mol. The number of nitrogen functional groups attached to an aromatic ring is 1. The first kappa shape index (κ1) is 25.2. The molecule has 1 aromatic rings. The lowest BCUT2D eigenvalue weighted by molar-refractivity contribution is -0.0893. The van der Waals surface area contributed by atoms with E-state index >= 15 is 0 Å². The van der Waals surface area contributed by atoms with Crippen molar-refractivity contribution in [1.29, 1.82) is 0 Å². The smallest absolute Gasteiger partial charge is 0.354 e. The number of amides is 2. The van der Waals surface area contributed by atoms with Crippen molar-refractivity contribution in [2.24, 2.45) is 0 Å². The molecule has 0 spiro atoms. The van der Waals surface area contributed by atoms with Crippen LogP contribution in [0.4, 0.5) is 10.7 Å². The summed E-state index contributed by atoms with van der Waals surface area (Å²) in [6.45, 7) is -0.533. The van der Waals surface area contributed by atoms with Crippen molar-refractivity contribution in [1.82, 2.24) is 24.8 Å². The van der Waals surface area contributed by atoms with Crippen LogP contribution >= 0.6 is 0 Å². The van der Waals surface area contributed by atoms with Gasteiger partial charge in [0.05, 0.1) is 19.3 Å². The highest BCUT2D eigenvalue weighted by atomic mass is 16.6. The summed E-state index contributed by atoms with van der Waals surface area (Å²) in [6.07, 6.45) is -5.76. The van der Waals surface area contributed by atoms with Gasteiger partial charge >= 0.3 is 11.7 Å². The number of nitrogens with one attached hydrogen (secondary N) is 1. The molecular weight excluding hydrogens is 448 g/mol. The predicted octanol–water partition coefficient (Wildman–Crippen LogP) is -4.98. The molecule has 3 saturated heterocycles. The van der Waals surface area contributed by atoms with Gasteiger partial charge in [0.25, 0.3) is 0 Å². The van der Waals surface area contributed by atoms with E-state index in [0.717, 1.165) is 4.57 Å². The van der Waals surface area contributed by atoms with Crippen LogP contribution in [0.2, 0.25) is 0 Å². The number of aromatic nitrogens is 3. The standard InChI is InChI=1S/C9H16N2O6.C8H12N4O4/c12-3-4-6(14)7(15)8(17-4)11-2-1-5(13)10-9(11)16;9-7-10-3-12(8(15)11-7)6-1-4(14)5(2-13)16-6/h4-8,12-15H,1-3H2,(H,10,16);3-6,13-14H,1-2H2,(H2,9,11,15)/t4-,5?,6-,7-,8-;4-,5+,6+/m10/s1. The van der Waals surface area contributed by atoms with Crippen molar-refractivity contribution in [2.45, 2.75) is 62.0 Å². The minimum absolute atomic E-state index is 0.112. The molecule has 3 aliphatic heterocycles. The average Bonchev–Trinajstić information content (AvgIpc) is 3.28. The Labute approximate surface area is 186 Å². The van der Waals surface area contributed by atoms with Gasteiger partial charge in [-0.3, -0.25) is 9.47 Å². The van der Waals surface area contributed by atoms with Crippen LogP contribution in [0.1, 0.15) is 19.1 Å². The molecule has 9 N–H and O–H groups in total. The molecule has 8 atom stereocenters. The normalized spacial score (nSPS) is 36.3. The number of urea groups is 1. The zero-order valence-corrected chi connectivity index (χ0v) is 17.4. The van der Waals surface area contributed by atoms with Crippen LogP contribution in [-0.4, -0.2) is 119 Å². The Morgan fingerprint density at radius 2 is 1.79 bits per heavy atom. The number of aliphatic hydroxyl groups excluding tert-OH is 6. The number of aliphatic hydroxyl groups is 6. The molecule has 4 heterocycles. The molecule has 1 unspecified atom stereocenters. The molecule has 4 rings (SSSR count). The predicted molar refractivity (Wildman–Crippen MR) is 106 cm³/mol. The Morgan fingerprint density at radius 1 is 1.09 bits per heavy atom. The highest BCUT2D eigenvalue weighted by Gasteiger charge is 2.47. The molecular formula is C17H28N6O10. The van der Waals surface area contributed by atoms with E-state index in [1.807, 2.05) is 0 Å². The molecule has 2 amide bonds. The van der Waals surface area contributed by atoms with E-state index in [-0.39, 0.29) is 25.5 Å². The van der Waals surface area contributed by atoms with Gasteiger partial charge in [-0.2, -0.15) is 4.98 Å². The first-order valence-corrected chi connectivity index (χ1v) is 10.2. The summed E-state index contributed by atoms with van der Waals surface area (Å²) in [7, 11) is 0. The molecule has 186 valence electrons. The molecule has 33 heavy (non-hydrogen) atoms.